The Morgan fingerprint density at radius 2 is 1.68 bits per heavy atom. The Morgan fingerprint density at radius 3 is 2.32 bits per heavy atom. The molecule has 1 atom stereocenters. The molecule has 0 fully saturated rings. The lowest BCUT2D eigenvalue weighted by atomic mass is 10.1. The Labute approximate surface area is 119 Å². The van der Waals surface area contributed by atoms with Gasteiger partial charge in [0.2, 0.25) is 0 Å². The molecule has 0 aromatic heterocycles. The van der Waals surface area contributed by atoms with Crippen LogP contribution in [0, 0.1) is 13.8 Å². The van der Waals surface area contributed by atoms with Gasteiger partial charge < -0.3 is 0 Å². The summed E-state index contributed by atoms with van der Waals surface area (Å²) in [6.07, 6.45) is 0. The lowest BCUT2D eigenvalue weighted by Gasteiger charge is -2.11. The lowest BCUT2D eigenvalue weighted by molar-refractivity contribution is 0.0994. The predicted molar refractivity (Wildman–Crippen MR) is 82.0 cm³/mol. The van der Waals surface area contributed by atoms with E-state index in [-0.39, 0.29) is 11.0 Å². The van der Waals surface area contributed by atoms with Crippen LogP contribution in [-0.4, -0.2) is 11.0 Å². The highest BCUT2D eigenvalue weighted by Gasteiger charge is 2.16. The summed E-state index contributed by atoms with van der Waals surface area (Å²) in [6, 6.07) is 15.8. The van der Waals surface area contributed by atoms with Gasteiger partial charge in [-0.3, -0.25) is 4.79 Å². The molecule has 0 bridgehead atoms. The third-order valence-corrected chi connectivity index (χ3v) is 4.31. The van der Waals surface area contributed by atoms with Crippen LogP contribution in [0.4, 0.5) is 0 Å². The molecule has 2 heteroatoms. The van der Waals surface area contributed by atoms with Crippen LogP contribution in [0.2, 0.25) is 0 Å². The van der Waals surface area contributed by atoms with Gasteiger partial charge in [0.25, 0.3) is 0 Å². The van der Waals surface area contributed by atoms with Crippen molar-refractivity contribution >= 4 is 17.5 Å². The Kier molecular flexibility index (Phi) is 4.43. The van der Waals surface area contributed by atoms with E-state index >= 15 is 0 Å². The number of carbonyl (C=O) groups is 1. The van der Waals surface area contributed by atoms with Crippen LogP contribution < -0.4 is 0 Å². The van der Waals surface area contributed by atoms with Crippen molar-refractivity contribution in [1.29, 1.82) is 0 Å². The zero-order chi connectivity index (χ0) is 13.8. The highest BCUT2D eigenvalue weighted by atomic mass is 32.2. The molecule has 0 amide bonds. The molecule has 0 heterocycles. The minimum atomic E-state index is -0.0653. The van der Waals surface area contributed by atoms with Crippen LogP contribution in [0.3, 0.4) is 0 Å². The van der Waals surface area contributed by atoms with Crippen molar-refractivity contribution in [2.24, 2.45) is 0 Å². The highest BCUT2D eigenvalue weighted by Crippen LogP contribution is 2.27. The van der Waals surface area contributed by atoms with Gasteiger partial charge >= 0.3 is 0 Å². The first-order valence-corrected chi connectivity index (χ1v) is 7.29. The fourth-order valence-electron chi connectivity index (χ4n) is 1.88. The maximum absolute atomic E-state index is 12.3. The first-order chi connectivity index (χ1) is 9.08. The fourth-order valence-corrected chi connectivity index (χ4v) is 2.92. The predicted octanol–water partition coefficient (Wildman–Crippen LogP) is 4.67. The second kappa shape index (κ2) is 6.07. The van der Waals surface area contributed by atoms with E-state index in [1.54, 1.807) is 11.8 Å². The number of hydrogen-bond acceptors (Lipinski definition) is 2. The third kappa shape index (κ3) is 3.48. The van der Waals surface area contributed by atoms with Crippen LogP contribution in [-0.2, 0) is 0 Å². The summed E-state index contributed by atoms with van der Waals surface area (Å²) >= 11 is 1.62. The van der Waals surface area contributed by atoms with Gasteiger partial charge in [0.1, 0.15) is 0 Å². The van der Waals surface area contributed by atoms with Crippen LogP contribution in [0.1, 0.15) is 28.4 Å². The molecule has 1 unspecified atom stereocenters. The summed E-state index contributed by atoms with van der Waals surface area (Å²) in [6.45, 7) is 6.17. The molecule has 0 saturated heterocycles. The molecule has 2 aromatic rings. The Morgan fingerprint density at radius 1 is 1.00 bits per heavy atom. The largest absolute Gasteiger partial charge is 0.293 e. The standard InChI is InChI=1S/C17H18OS/c1-12-9-10-16(11-13(12)2)19-14(3)17(18)15-7-5-4-6-8-15/h4-11,14H,1-3H3. The first-order valence-electron chi connectivity index (χ1n) is 6.41. The summed E-state index contributed by atoms with van der Waals surface area (Å²) in [5, 5.41) is -0.0653. The van der Waals surface area contributed by atoms with Crippen molar-refractivity contribution in [3.05, 3.63) is 65.2 Å². The van der Waals surface area contributed by atoms with E-state index in [1.165, 1.54) is 11.1 Å². The van der Waals surface area contributed by atoms with Gasteiger partial charge in [-0.15, -0.1) is 11.8 Å². The van der Waals surface area contributed by atoms with E-state index in [0.717, 1.165) is 10.5 Å². The number of aryl methyl sites for hydroxylation is 2. The SMILES string of the molecule is Cc1ccc(SC(C)C(=O)c2ccccc2)cc1C. The average molecular weight is 270 g/mol. The summed E-state index contributed by atoms with van der Waals surface area (Å²) < 4.78 is 0. The van der Waals surface area contributed by atoms with E-state index in [4.69, 9.17) is 0 Å². The Bertz CT molecular complexity index is 575. The van der Waals surface area contributed by atoms with Crippen molar-refractivity contribution in [2.75, 3.05) is 0 Å². The number of rotatable bonds is 4. The van der Waals surface area contributed by atoms with E-state index in [1.807, 2.05) is 37.3 Å². The Balaban J connectivity index is 2.10. The summed E-state index contributed by atoms with van der Waals surface area (Å²) in [4.78, 5) is 13.4. The topological polar surface area (TPSA) is 17.1 Å². The lowest BCUT2D eigenvalue weighted by Crippen LogP contribution is -2.13. The molecule has 1 nitrogen and oxygen atoms in total. The maximum Gasteiger partial charge on any atom is 0.175 e. The van der Waals surface area contributed by atoms with Crippen molar-refractivity contribution in [2.45, 2.75) is 30.9 Å². The first kappa shape index (κ1) is 13.9. The Hall–Kier alpha value is -1.54. The van der Waals surface area contributed by atoms with Gasteiger partial charge in [-0.2, -0.15) is 0 Å². The van der Waals surface area contributed by atoms with Gasteiger partial charge in [-0.25, -0.2) is 0 Å². The molecule has 19 heavy (non-hydrogen) atoms. The zero-order valence-electron chi connectivity index (χ0n) is 11.5. The van der Waals surface area contributed by atoms with Crippen LogP contribution >= 0.6 is 11.8 Å². The third-order valence-electron chi connectivity index (χ3n) is 3.22. The number of ketones is 1. The minimum absolute atomic E-state index is 0.0653. The van der Waals surface area contributed by atoms with Crippen LogP contribution in [0.15, 0.2) is 53.4 Å². The molecule has 0 radical (unpaired) electrons. The monoisotopic (exact) mass is 270 g/mol. The van der Waals surface area contributed by atoms with E-state index < -0.39 is 0 Å². The van der Waals surface area contributed by atoms with Crippen molar-refractivity contribution in [3.63, 3.8) is 0 Å². The smallest absolute Gasteiger partial charge is 0.175 e. The quantitative estimate of drug-likeness (QED) is 0.593. The van der Waals surface area contributed by atoms with Gasteiger partial charge in [0, 0.05) is 10.5 Å². The van der Waals surface area contributed by atoms with Gasteiger partial charge in [0.15, 0.2) is 5.78 Å². The normalized spacial score (nSPS) is 12.2. The molecular weight excluding hydrogens is 252 g/mol. The van der Waals surface area contributed by atoms with Crippen LogP contribution in [0.5, 0.6) is 0 Å². The van der Waals surface area contributed by atoms with Crippen molar-refractivity contribution in [3.8, 4) is 0 Å². The van der Waals surface area contributed by atoms with Gasteiger partial charge in [0.05, 0.1) is 5.25 Å². The molecule has 0 aliphatic carbocycles. The number of benzene rings is 2. The summed E-state index contributed by atoms with van der Waals surface area (Å²) in [5.74, 6) is 0.184. The average Bonchev–Trinajstić information content (AvgIpc) is 2.43. The maximum atomic E-state index is 12.3. The van der Waals surface area contributed by atoms with E-state index in [0.29, 0.717) is 0 Å². The number of thioether (sulfide) groups is 1. The molecule has 2 rings (SSSR count). The second-order valence-corrected chi connectivity index (χ2v) is 6.15. The molecule has 0 aliphatic rings. The number of hydrogen-bond donors (Lipinski definition) is 0. The van der Waals surface area contributed by atoms with E-state index in [9.17, 15) is 4.79 Å². The van der Waals surface area contributed by atoms with Crippen molar-refractivity contribution in [1.82, 2.24) is 0 Å². The molecule has 2 aromatic carbocycles. The van der Waals surface area contributed by atoms with Gasteiger partial charge in [-0.1, -0.05) is 36.4 Å². The second-order valence-electron chi connectivity index (χ2n) is 4.74. The fraction of sp³-hybridized carbons (Fsp3) is 0.235. The highest BCUT2D eigenvalue weighted by molar-refractivity contribution is 8.00. The number of carbonyl (C=O) groups excluding carboxylic acids is 1. The summed E-state index contributed by atoms with van der Waals surface area (Å²) in [5.41, 5.74) is 3.34. The van der Waals surface area contributed by atoms with Crippen LogP contribution in [0.25, 0.3) is 0 Å². The molecule has 98 valence electrons. The molecule has 0 N–H and O–H groups in total. The van der Waals surface area contributed by atoms with Crippen molar-refractivity contribution < 1.29 is 4.79 Å². The number of Topliss-reactive ketones (excluding diaryl/α,β-unsaturated/α-hetero) is 1. The molecule has 0 spiro atoms. The minimum Gasteiger partial charge on any atom is -0.293 e. The molecule has 0 aliphatic heterocycles. The summed E-state index contributed by atoms with van der Waals surface area (Å²) in [7, 11) is 0. The van der Waals surface area contributed by atoms with Gasteiger partial charge in [-0.05, 0) is 44.0 Å². The molecule has 0 saturated carbocycles. The van der Waals surface area contributed by atoms with E-state index in [2.05, 4.69) is 32.0 Å². The molecular formula is C17H18OS. The zero-order valence-corrected chi connectivity index (χ0v) is 12.3.